The van der Waals surface area contributed by atoms with Crippen LogP contribution in [0.25, 0.3) is 0 Å². The molecule has 0 unspecified atom stereocenters. The van der Waals surface area contributed by atoms with Crippen LogP contribution in [0.3, 0.4) is 0 Å². The van der Waals surface area contributed by atoms with Crippen molar-refractivity contribution in [2.24, 2.45) is 4.99 Å². The molecular weight excluding hydrogens is 440 g/mol. The van der Waals surface area contributed by atoms with Crippen LogP contribution in [-0.4, -0.2) is 29.2 Å². The first kappa shape index (κ1) is 23.8. The number of ether oxygens (including phenoxy) is 1. The maximum absolute atomic E-state index is 9.93. The van der Waals surface area contributed by atoms with Crippen LogP contribution in [0.5, 0.6) is 10.8 Å². The largest absolute Gasteiger partial charge is 0.443 e. The molecule has 0 fully saturated rings. The van der Waals surface area contributed by atoms with Gasteiger partial charge in [0.25, 0.3) is 0 Å². The summed E-state index contributed by atoms with van der Waals surface area (Å²) in [6.45, 7) is 11.0. The van der Waals surface area contributed by atoms with Crippen LogP contribution in [0, 0.1) is 25.2 Å². The Morgan fingerprint density at radius 1 is 1.22 bits per heavy atom. The molecule has 0 radical (unpaired) electrons. The molecule has 0 saturated heterocycles. The Morgan fingerprint density at radius 2 is 1.91 bits per heavy atom. The number of hydrogen-bond acceptors (Lipinski definition) is 5. The third-order valence-corrected chi connectivity index (χ3v) is 6.50. The van der Waals surface area contributed by atoms with Crippen molar-refractivity contribution in [3.63, 3.8) is 0 Å². The topological polar surface area (TPSA) is 61.5 Å². The van der Waals surface area contributed by atoms with Crippen LogP contribution >= 0.6 is 23.1 Å². The zero-order chi connectivity index (χ0) is 23.5. The van der Waals surface area contributed by atoms with Gasteiger partial charge in [0, 0.05) is 35.6 Å². The second-order valence-electron chi connectivity index (χ2n) is 8.26. The number of aryl methyl sites for hydroxylation is 2. The molecule has 0 saturated carbocycles. The lowest BCUT2D eigenvalue weighted by Crippen LogP contribution is -2.20. The second-order valence-corrected chi connectivity index (χ2v) is 9.43. The highest BCUT2D eigenvalue weighted by molar-refractivity contribution is 7.08. The van der Waals surface area contributed by atoms with E-state index in [0.717, 1.165) is 28.9 Å². The minimum atomic E-state index is -0.470. The maximum atomic E-state index is 9.93. The molecule has 1 heterocycles. The van der Waals surface area contributed by atoms with Crippen LogP contribution in [0.4, 0.5) is 5.69 Å². The number of benzene rings is 2. The van der Waals surface area contributed by atoms with Gasteiger partial charge in [0.1, 0.15) is 17.4 Å². The number of aromatic nitrogens is 1. The molecule has 5 nitrogen and oxygen atoms in total. The van der Waals surface area contributed by atoms with Crippen molar-refractivity contribution in [1.82, 2.24) is 9.27 Å². The molecule has 0 aliphatic carbocycles. The summed E-state index contributed by atoms with van der Waals surface area (Å²) in [7, 11) is 1.99. The van der Waals surface area contributed by atoms with Gasteiger partial charge in [-0.1, -0.05) is 37.6 Å². The van der Waals surface area contributed by atoms with Gasteiger partial charge in [-0.2, -0.15) is 9.64 Å². The van der Waals surface area contributed by atoms with E-state index in [4.69, 9.17) is 16.3 Å². The molecule has 3 aromatic rings. The van der Waals surface area contributed by atoms with E-state index in [2.05, 4.69) is 22.4 Å². The van der Waals surface area contributed by atoms with Crippen molar-refractivity contribution in [3.05, 3.63) is 69.4 Å². The van der Waals surface area contributed by atoms with E-state index < -0.39 is 5.41 Å². The van der Waals surface area contributed by atoms with Gasteiger partial charge >= 0.3 is 0 Å². The molecule has 0 amide bonds. The predicted molar refractivity (Wildman–Crippen MR) is 133 cm³/mol. The lowest BCUT2D eigenvalue weighted by molar-refractivity contribution is 0.489. The molecule has 0 aliphatic heterocycles. The van der Waals surface area contributed by atoms with Crippen molar-refractivity contribution in [2.75, 3.05) is 13.6 Å². The zero-order valence-electron chi connectivity index (χ0n) is 19.2. The first-order valence-electron chi connectivity index (χ1n) is 10.4. The molecule has 0 atom stereocenters. The summed E-state index contributed by atoms with van der Waals surface area (Å²) in [5.74, 6) is 0.696. The molecule has 7 heteroatoms. The van der Waals surface area contributed by atoms with Crippen LogP contribution in [0.2, 0.25) is 5.02 Å². The van der Waals surface area contributed by atoms with Gasteiger partial charge in [-0.15, -0.1) is 0 Å². The van der Waals surface area contributed by atoms with E-state index in [1.807, 2.05) is 82.4 Å². The maximum Gasteiger partial charge on any atom is 0.218 e. The van der Waals surface area contributed by atoms with Crippen LogP contribution < -0.4 is 4.74 Å². The number of nitriles is 1. The van der Waals surface area contributed by atoms with Crippen molar-refractivity contribution >= 4 is 35.2 Å². The minimum Gasteiger partial charge on any atom is -0.443 e. The van der Waals surface area contributed by atoms with E-state index in [1.54, 1.807) is 0 Å². The van der Waals surface area contributed by atoms with Crippen LogP contribution in [0.15, 0.2) is 41.4 Å². The van der Waals surface area contributed by atoms with Gasteiger partial charge in [0.2, 0.25) is 5.06 Å². The summed E-state index contributed by atoms with van der Waals surface area (Å²) >= 11 is 7.24. The third kappa shape index (κ3) is 4.95. The molecule has 0 aliphatic rings. The number of hydrogen-bond donors (Lipinski definition) is 0. The van der Waals surface area contributed by atoms with Gasteiger partial charge < -0.3 is 9.64 Å². The predicted octanol–water partition coefficient (Wildman–Crippen LogP) is 7.01. The van der Waals surface area contributed by atoms with Gasteiger partial charge in [-0.25, -0.2) is 4.99 Å². The fourth-order valence-electron chi connectivity index (χ4n) is 3.24. The summed E-state index contributed by atoms with van der Waals surface area (Å²) in [6.07, 6.45) is 1.82. The smallest absolute Gasteiger partial charge is 0.218 e. The Morgan fingerprint density at radius 3 is 2.53 bits per heavy atom. The molecule has 0 bridgehead atoms. The highest BCUT2D eigenvalue weighted by Gasteiger charge is 2.31. The van der Waals surface area contributed by atoms with E-state index in [9.17, 15) is 5.26 Å². The van der Waals surface area contributed by atoms with Gasteiger partial charge in [0.15, 0.2) is 0 Å². The number of halogens is 1. The normalized spacial score (nSPS) is 11.6. The first-order valence-corrected chi connectivity index (χ1v) is 11.5. The number of nitrogens with zero attached hydrogens (tertiary/aromatic N) is 4. The van der Waals surface area contributed by atoms with E-state index >= 15 is 0 Å². The first-order chi connectivity index (χ1) is 15.2. The summed E-state index contributed by atoms with van der Waals surface area (Å²) < 4.78 is 10.8. The highest BCUT2D eigenvalue weighted by atomic mass is 35.5. The summed E-state index contributed by atoms with van der Waals surface area (Å²) in [5.41, 5.74) is 4.54. The molecular formula is C25H27ClN4OS. The molecule has 1 aromatic heterocycles. The van der Waals surface area contributed by atoms with E-state index in [0.29, 0.717) is 27.1 Å². The van der Waals surface area contributed by atoms with Gasteiger partial charge in [-0.3, -0.25) is 0 Å². The molecule has 166 valence electrons. The summed E-state index contributed by atoms with van der Waals surface area (Å²) in [6, 6.07) is 13.9. The quantitative estimate of drug-likeness (QED) is 0.277. The third-order valence-electron chi connectivity index (χ3n) is 5.52. The SMILES string of the molecule is CCN(C)C=Nc1cc(C)c(Oc2snc(C(C)(C)c3ccc(Cl)cc3)c2C#N)cc1C. The molecule has 0 N–H and O–H groups in total. The van der Waals surface area contributed by atoms with E-state index in [1.165, 1.54) is 11.5 Å². The zero-order valence-corrected chi connectivity index (χ0v) is 20.8. The molecule has 32 heavy (non-hydrogen) atoms. The van der Waals surface area contributed by atoms with Gasteiger partial charge in [-0.05, 0) is 61.7 Å². The Kier molecular flexibility index (Phi) is 7.22. The Labute approximate surface area is 199 Å². The number of aliphatic imine (C=N–C) groups is 1. The van der Waals surface area contributed by atoms with Crippen molar-refractivity contribution in [2.45, 2.75) is 40.0 Å². The van der Waals surface area contributed by atoms with Crippen molar-refractivity contribution < 1.29 is 4.74 Å². The van der Waals surface area contributed by atoms with Crippen LogP contribution in [0.1, 0.15) is 48.7 Å². The fourth-order valence-corrected chi connectivity index (χ4v) is 4.22. The van der Waals surface area contributed by atoms with Crippen molar-refractivity contribution in [3.8, 4) is 16.9 Å². The Bertz CT molecular complexity index is 1180. The minimum absolute atomic E-state index is 0.457. The van der Waals surface area contributed by atoms with Crippen molar-refractivity contribution in [1.29, 1.82) is 5.26 Å². The Hall–Kier alpha value is -2.88. The monoisotopic (exact) mass is 466 g/mol. The van der Waals surface area contributed by atoms with E-state index in [-0.39, 0.29) is 0 Å². The summed E-state index contributed by atoms with van der Waals surface area (Å²) in [5, 5.41) is 11.1. The summed E-state index contributed by atoms with van der Waals surface area (Å²) in [4.78, 5) is 6.58. The molecule has 3 rings (SSSR count). The van der Waals surface area contributed by atoms with Crippen LogP contribution in [-0.2, 0) is 5.41 Å². The standard InChI is InChI=1S/C25H27ClN4OS/c1-7-30(6)15-28-21-12-17(3)22(13-16(21)2)31-24-20(14-27)23(29-32-24)25(4,5)18-8-10-19(26)11-9-18/h8-13,15H,7H2,1-6H3. The fraction of sp³-hybridized carbons (Fsp3) is 0.320. The Balaban J connectivity index is 1.93. The average molecular weight is 467 g/mol. The number of rotatable bonds is 7. The second kappa shape index (κ2) is 9.72. The lowest BCUT2D eigenvalue weighted by Gasteiger charge is -2.23. The molecule has 2 aromatic carbocycles. The van der Waals surface area contributed by atoms with Gasteiger partial charge in [0.05, 0.1) is 17.7 Å². The lowest BCUT2D eigenvalue weighted by atomic mass is 9.80. The highest BCUT2D eigenvalue weighted by Crippen LogP contribution is 2.41. The average Bonchev–Trinajstić information content (AvgIpc) is 3.18. The molecule has 0 spiro atoms.